The van der Waals surface area contributed by atoms with Gasteiger partial charge in [-0.15, -0.1) is 10.2 Å². The van der Waals surface area contributed by atoms with Gasteiger partial charge in [0.05, 0.1) is 5.69 Å². The lowest BCUT2D eigenvalue weighted by Crippen LogP contribution is -2.11. The zero-order chi connectivity index (χ0) is 23.3. The van der Waals surface area contributed by atoms with Gasteiger partial charge in [-0.1, -0.05) is 90.6 Å². The van der Waals surface area contributed by atoms with E-state index < -0.39 is 5.25 Å². The second-order valence-corrected chi connectivity index (χ2v) is 8.88. The lowest BCUT2D eigenvalue weighted by molar-refractivity contribution is 0.0989. The molecule has 0 saturated heterocycles. The maximum Gasteiger partial charge on any atom is 0.197 e. The molecule has 34 heavy (non-hydrogen) atoms. The van der Waals surface area contributed by atoms with Crippen molar-refractivity contribution in [2.45, 2.75) is 17.3 Å². The molecule has 0 aliphatic heterocycles. The Morgan fingerprint density at radius 3 is 2.15 bits per heavy atom. The Hall–Kier alpha value is -4.03. The van der Waals surface area contributed by atoms with E-state index in [4.69, 9.17) is 0 Å². The van der Waals surface area contributed by atoms with E-state index in [1.54, 1.807) is 12.4 Å². The number of hydrogen-bond donors (Lipinski definition) is 0. The molecule has 5 aromatic rings. The fourth-order valence-electron chi connectivity index (χ4n) is 3.83. The van der Waals surface area contributed by atoms with Crippen LogP contribution in [0.1, 0.15) is 26.7 Å². The average molecular weight is 463 g/mol. The molecule has 1 unspecified atom stereocenters. The average Bonchev–Trinajstić information content (AvgIpc) is 3.32. The molecule has 0 radical (unpaired) electrons. The molecule has 0 bridgehead atoms. The minimum Gasteiger partial charge on any atom is -0.293 e. The number of carbonyl (C=O) groups is 1. The van der Waals surface area contributed by atoms with E-state index in [1.165, 1.54) is 11.8 Å². The lowest BCUT2D eigenvalue weighted by Gasteiger charge is -2.18. The maximum atomic E-state index is 13.7. The van der Waals surface area contributed by atoms with Crippen LogP contribution < -0.4 is 0 Å². The molecule has 0 N–H and O–H groups in total. The smallest absolute Gasteiger partial charge is 0.197 e. The molecule has 0 amide bonds. The van der Waals surface area contributed by atoms with E-state index in [0.717, 1.165) is 22.4 Å². The molecule has 5 rings (SSSR count). The highest BCUT2D eigenvalue weighted by atomic mass is 32.2. The summed E-state index contributed by atoms with van der Waals surface area (Å²) in [5, 5.41) is 9.27. The second kappa shape index (κ2) is 9.85. The van der Waals surface area contributed by atoms with Gasteiger partial charge in [0.25, 0.3) is 0 Å². The van der Waals surface area contributed by atoms with Crippen molar-refractivity contribution in [2.75, 3.05) is 0 Å². The Kier molecular flexibility index (Phi) is 6.31. The first-order chi connectivity index (χ1) is 16.7. The van der Waals surface area contributed by atoms with Gasteiger partial charge in [-0.05, 0) is 36.2 Å². The zero-order valence-electron chi connectivity index (χ0n) is 18.6. The lowest BCUT2D eigenvalue weighted by atomic mass is 10.0. The molecule has 0 fully saturated rings. The van der Waals surface area contributed by atoms with Crippen molar-refractivity contribution in [1.29, 1.82) is 0 Å². The number of pyridine rings is 1. The molecule has 6 heteroatoms. The molecule has 0 saturated carbocycles. The monoisotopic (exact) mass is 462 g/mol. The first-order valence-corrected chi connectivity index (χ1v) is 11.8. The summed E-state index contributed by atoms with van der Waals surface area (Å²) < 4.78 is 2.03. The standard InChI is InChI=1S/C28H22N4OS/c1-20-10-8-9-15-24(20)32-27(23-16-18-29-19-17-23)30-31-28(32)34-26(22-13-6-3-7-14-22)25(33)21-11-4-2-5-12-21/h2-19,26H,1H3. The van der Waals surface area contributed by atoms with Gasteiger partial charge in [0.2, 0.25) is 0 Å². The number of hydrogen-bond acceptors (Lipinski definition) is 5. The highest BCUT2D eigenvalue weighted by molar-refractivity contribution is 8.00. The van der Waals surface area contributed by atoms with E-state index in [9.17, 15) is 4.79 Å². The Balaban J connectivity index is 1.64. The van der Waals surface area contributed by atoms with Crippen LogP contribution in [0.5, 0.6) is 0 Å². The molecular weight excluding hydrogens is 440 g/mol. The van der Waals surface area contributed by atoms with Crippen LogP contribution in [0.4, 0.5) is 0 Å². The third-order valence-electron chi connectivity index (χ3n) is 5.55. The minimum absolute atomic E-state index is 0.0293. The largest absolute Gasteiger partial charge is 0.293 e. The van der Waals surface area contributed by atoms with E-state index in [0.29, 0.717) is 16.5 Å². The van der Waals surface area contributed by atoms with Crippen LogP contribution in [-0.2, 0) is 0 Å². The summed E-state index contributed by atoms with van der Waals surface area (Å²) in [5.74, 6) is 0.736. The predicted octanol–water partition coefficient (Wildman–Crippen LogP) is 6.35. The SMILES string of the molecule is Cc1ccccc1-n1c(SC(C(=O)c2ccccc2)c2ccccc2)nnc1-c1ccncc1. The Labute approximate surface area is 202 Å². The van der Waals surface area contributed by atoms with Gasteiger partial charge in [-0.3, -0.25) is 14.3 Å². The summed E-state index contributed by atoms with van der Waals surface area (Å²) in [6.45, 7) is 2.06. The van der Waals surface area contributed by atoms with Gasteiger partial charge in [0.1, 0.15) is 5.25 Å². The van der Waals surface area contributed by atoms with Crippen molar-refractivity contribution in [3.63, 3.8) is 0 Å². The molecule has 2 aromatic heterocycles. The van der Waals surface area contributed by atoms with E-state index in [1.807, 2.05) is 95.6 Å². The van der Waals surface area contributed by atoms with E-state index >= 15 is 0 Å². The van der Waals surface area contributed by atoms with Crippen molar-refractivity contribution in [2.24, 2.45) is 0 Å². The van der Waals surface area contributed by atoms with Gasteiger partial charge >= 0.3 is 0 Å². The molecule has 3 aromatic carbocycles. The minimum atomic E-state index is -0.471. The maximum absolute atomic E-state index is 13.7. The summed E-state index contributed by atoms with van der Waals surface area (Å²) in [4.78, 5) is 17.8. The number of carbonyl (C=O) groups excluding carboxylic acids is 1. The number of aromatic nitrogens is 4. The molecule has 5 nitrogen and oxygen atoms in total. The van der Waals surface area contributed by atoms with Gasteiger partial charge in [0, 0.05) is 23.5 Å². The quantitative estimate of drug-likeness (QED) is 0.208. The number of benzene rings is 3. The number of aryl methyl sites for hydroxylation is 1. The second-order valence-electron chi connectivity index (χ2n) is 7.80. The number of rotatable bonds is 7. The Morgan fingerprint density at radius 2 is 1.44 bits per heavy atom. The summed E-state index contributed by atoms with van der Waals surface area (Å²) >= 11 is 1.41. The molecule has 1 atom stereocenters. The van der Waals surface area contributed by atoms with Crippen molar-refractivity contribution < 1.29 is 4.79 Å². The number of thioether (sulfide) groups is 1. The summed E-state index contributed by atoms with van der Waals surface area (Å²) in [7, 11) is 0. The first-order valence-electron chi connectivity index (χ1n) is 10.9. The summed E-state index contributed by atoms with van der Waals surface area (Å²) in [5.41, 5.74) is 4.56. The fourth-order valence-corrected chi connectivity index (χ4v) is 4.95. The Bertz CT molecular complexity index is 1400. The third kappa shape index (κ3) is 4.40. The van der Waals surface area contributed by atoms with Crippen LogP contribution in [0.25, 0.3) is 17.1 Å². The highest BCUT2D eigenvalue weighted by Gasteiger charge is 2.27. The highest BCUT2D eigenvalue weighted by Crippen LogP contribution is 2.39. The normalized spacial score (nSPS) is 11.8. The summed E-state index contributed by atoms with van der Waals surface area (Å²) in [6.07, 6.45) is 3.48. The zero-order valence-corrected chi connectivity index (χ0v) is 19.4. The van der Waals surface area contributed by atoms with Crippen LogP contribution in [0.2, 0.25) is 0 Å². The molecular formula is C28H22N4OS. The molecule has 166 valence electrons. The topological polar surface area (TPSA) is 60.7 Å². The van der Waals surface area contributed by atoms with Crippen molar-refractivity contribution in [3.05, 3.63) is 126 Å². The first kappa shape index (κ1) is 21.8. The number of nitrogens with zero attached hydrogens (tertiary/aromatic N) is 4. The van der Waals surface area contributed by atoms with Crippen molar-refractivity contribution >= 4 is 17.5 Å². The number of ketones is 1. The van der Waals surface area contributed by atoms with Crippen LogP contribution >= 0.6 is 11.8 Å². The number of Topliss-reactive ketones (excluding diaryl/α,β-unsaturated/α-hetero) is 1. The van der Waals surface area contributed by atoms with E-state index in [2.05, 4.69) is 28.2 Å². The van der Waals surface area contributed by atoms with Crippen molar-refractivity contribution in [1.82, 2.24) is 19.7 Å². The van der Waals surface area contributed by atoms with Crippen LogP contribution in [0.3, 0.4) is 0 Å². The van der Waals surface area contributed by atoms with Crippen LogP contribution in [0, 0.1) is 6.92 Å². The molecule has 0 aliphatic carbocycles. The van der Waals surface area contributed by atoms with Gasteiger partial charge in [0.15, 0.2) is 16.8 Å². The predicted molar refractivity (Wildman–Crippen MR) is 135 cm³/mol. The fraction of sp³-hybridized carbons (Fsp3) is 0.0714. The number of para-hydroxylation sites is 1. The molecule has 0 spiro atoms. The molecule has 0 aliphatic rings. The van der Waals surface area contributed by atoms with E-state index in [-0.39, 0.29) is 5.78 Å². The molecule has 2 heterocycles. The van der Waals surface area contributed by atoms with Gasteiger partial charge < -0.3 is 0 Å². The van der Waals surface area contributed by atoms with Gasteiger partial charge in [-0.2, -0.15) is 0 Å². The summed E-state index contributed by atoms with van der Waals surface area (Å²) in [6, 6.07) is 31.2. The van der Waals surface area contributed by atoms with Crippen molar-refractivity contribution in [3.8, 4) is 17.1 Å². The van der Waals surface area contributed by atoms with Gasteiger partial charge in [-0.25, -0.2) is 0 Å². The third-order valence-corrected chi connectivity index (χ3v) is 6.75. The van der Waals surface area contributed by atoms with Crippen LogP contribution in [0.15, 0.2) is 115 Å². The Morgan fingerprint density at radius 1 is 0.794 bits per heavy atom. The van der Waals surface area contributed by atoms with Crippen LogP contribution in [-0.4, -0.2) is 25.5 Å².